The van der Waals surface area contributed by atoms with Gasteiger partial charge in [0.1, 0.15) is 0 Å². The Morgan fingerprint density at radius 3 is 2.38 bits per heavy atom. The number of piperidine rings is 1. The molecule has 0 unspecified atom stereocenters. The number of rotatable bonds is 6. The van der Waals surface area contributed by atoms with Crippen LogP contribution in [0.15, 0.2) is 54.6 Å². The highest BCUT2D eigenvalue weighted by molar-refractivity contribution is 5.99. The second kappa shape index (κ2) is 8.63. The van der Waals surface area contributed by atoms with E-state index in [2.05, 4.69) is 34.5 Å². The molecule has 0 spiro atoms. The predicted octanol–water partition coefficient (Wildman–Crippen LogP) is 2.43. The van der Waals surface area contributed by atoms with Crippen molar-refractivity contribution in [3.63, 3.8) is 0 Å². The highest BCUT2D eigenvalue weighted by Gasteiger charge is 2.20. The minimum atomic E-state index is -0.523. The molecule has 1 aliphatic heterocycles. The first-order chi connectivity index (χ1) is 12.6. The topological polar surface area (TPSA) is 75.4 Å². The molecular formula is C21H25N3O2. The smallest absolute Gasteiger partial charge is 0.251 e. The van der Waals surface area contributed by atoms with Crippen LogP contribution in [0.1, 0.15) is 39.1 Å². The third kappa shape index (κ3) is 4.92. The van der Waals surface area contributed by atoms with E-state index in [-0.39, 0.29) is 5.91 Å². The number of primary amides is 1. The zero-order valence-electron chi connectivity index (χ0n) is 14.9. The van der Waals surface area contributed by atoms with Gasteiger partial charge in [-0.1, -0.05) is 36.4 Å². The van der Waals surface area contributed by atoms with Crippen LogP contribution in [0, 0.1) is 5.92 Å². The molecule has 3 N–H and O–H groups in total. The summed E-state index contributed by atoms with van der Waals surface area (Å²) in [6.07, 6.45) is 2.16. The first-order valence-electron chi connectivity index (χ1n) is 9.06. The van der Waals surface area contributed by atoms with Gasteiger partial charge in [-0.2, -0.15) is 0 Å². The molecule has 5 nitrogen and oxygen atoms in total. The first kappa shape index (κ1) is 18.1. The van der Waals surface area contributed by atoms with Crippen LogP contribution in [0.3, 0.4) is 0 Å². The third-order valence-electron chi connectivity index (χ3n) is 4.92. The van der Waals surface area contributed by atoms with E-state index in [0.29, 0.717) is 23.6 Å². The van der Waals surface area contributed by atoms with Crippen molar-refractivity contribution in [2.24, 2.45) is 11.7 Å². The normalized spacial score (nSPS) is 15.5. The summed E-state index contributed by atoms with van der Waals surface area (Å²) in [5.41, 5.74) is 7.44. The van der Waals surface area contributed by atoms with Crippen molar-refractivity contribution in [1.29, 1.82) is 0 Å². The van der Waals surface area contributed by atoms with Crippen LogP contribution in [0.25, 0.3) is 0 Å². The maximum absolute atomic E-state index is 12.3. The molecule has 5 heteroatoms. The van der Waals surface area contributed by atoms with Gasteiger partial charge in [-0.3, -0.25) is 14.5 Å². The summed E-state index contributed by atoms with van der Waals surface area (Å²) in [5.74, 6) is -0.185. The van der Waals surface area contributed by atoms with Gasteiger partial charge >= 0.3 is 0 Å². The van der Waals surface area contributed by atoms with Gasteiger partial charge in [0.15, 0.2) is 0 Å². The van der Waals surface area contributed by atoms with Gasteiger partial charge in [-0.15, -0.1) is 0 Å². The van der Waals surface area contributed by atoms with Gasteiger partial charge in [-0.25, -0.2) is 0 Å². The Morgan fingerprint density at radius 1 is 1.00 bits per heavy atom. The molecule has 26 heavy (non-hydrogen) atoms. The zero-order valence-corrected chi connectivity index (χ0v) is 14.9. The molecule has 0 aromatic heterocycles. The van der Waals surface area contributed by atoms with Gasteiger partial charge in [0.2, 0.25) is 5.91 Å². The number of nitrogens with two attached hydrogens (primary N) is 1. The third-order valence-corrected chi connectivity index (χ3v) is 4.92. The maximum Gasteiger partial charge on any atom is 0.251 e. The van der Waals surface area contributed by atoms with E-state index in [1.54, 1.807) is 24.3 Å². The molecule has 1 saturated heterocycles. The number of nitrogens with one attached hydrogen (secondary N) is 1. The lowest BCUT2D eigenvalue weighted by molar-refractivity contribution is 0.0935. The highest BCUT2D eigenvalue weighted by atomic mass is 16.2. The summed E-state index contributed by atoms with van der Waals surface area (Å²) in [4.78, 5) is 26.0. The summed E-state index contributed by atoms with van der Waals surface area (Å²) >= 11 is 0. The van der Waals surface area contributed by atoms with Gasteiger partial charge in [-0.05, 0) is 55.6 Å². The van der Waals surface area contributed by atoms with Gasteiger partial charge < -0.3 is 11.1 Å². The van der Waals surface area contributed by atoms with E-state index in [4.69, 9.17) is 5.73 Å². The molecule has 2 amide bonds. The Kier molecular flexibility index (Phi) is 6.02. The summed E-state index contributed by atoms with van der Waals surface area (Å²) in [7, 11) is 0. The first-order valence-corrected chi connectivity index (χ1v) is 9.06. The van der Waals surface area contributed by atoms with Crippen LogP contribution in [0.5, 0.6) is 0 Å². The van der Waals surface area contributed by atoms with Crippen molar-refractivity contribution in [1.82, 2.24) is 10.2 Å². The number of benzene rings is 2. The molecule has 0 saturated carbocycles. The number of amides is 2. The molecular weight excluding hydrogens is 326 g/mol. The van der Waals surface area contributed by atoms with Crippen molar-refractivity contribution in [2.45, 2.75) is 19.4 Å². The Labute approximate surface area is 154 Å². The Morgan fingerprint density at radius 2 is 1.69 bits per heavy atom. The van der Waals surface area contributed by atoms with E-state index in [1.165, 1.54) is 5.56 Å². The molecule has 1 heterocycles. The lowest BCUT2D eigenvalue weighted by Crippen LogP contribution is -2.38. The van der Waals surface area contributed by atoms with Gasteiger partial charge in [0, 0.05) is 24.2 Å². The van der Waals surface area contributed by atoms with Crippen LogP contribution in [0.4, 0.5) is 0 Å². The van der Waals surface area contributed by atoms with E-state index in [1.807, 2.05) is 6.07 Å². The highest BCUT2D eigenvalue weighted by Crippen LogP contribution is 2.18. The quantitative estimate of drug-likeness (QED) is 0.839. The molecule has 1 fully saturated rings. The fourth-order valence-corrected chi connectivity index (χ4v) is 3.34. The number of carbonyl (C=O) groups excluding carboxylic acids is 2. The maximum atomic E-state index is 12.3. The van der Waals surface area contributed by atoms with E-state index in [0.717, 1.165) is 32.5 Å². The molecule has 0 aliphatic carbocycles. The van der Waals surface area contributed by atoms with Crippen molar-refractivity contribution in [3.05, 3.63) is 71.3 Å². The fraction of sp³-hybridized carbons (Fsp3) is 0.333. The van der Waals surface area contributed by atoms with Crippen molar-refractivity contribution in [2.75, 3.05) is 19.6 Å². The van der Waals surface area contributed by atoms with Crippen LogP contribution in [-0.2, 0) is 6.54 Å². The number of hydrogen-bond acceptors (Lipinski definition) is 3. The number of nitrogens with zero attached hydrogens (tertiary/aromatic N) is 1. The standard InChI is InChI=1S/C21H25N3O2/c22-20(25)18-7-4-8-19(13-18)21(26)23-14-16-9-11-24(12-10-16)15-17-5-2-1-3-6-17/h1-8,13,16H,9-12,14-15H2,(H2,22,25)(H,23,26). The lowest BCUT2D eigenvalue weighted by Gasteiger charge is -2.32. The van der Waals surface area contributed by atoms with E-state index >= 15 is 0 Å². The minimum absolute atomic E-state index is 0.153. The Hall–Kier alpha value is -2.66. The van der Waals surface area contributed by atoms with Crippen molar-refractivity contribution in [3.8, 4) is 0 Å². The van der Waals surface area contributed by atoms with Crippen LogP contribution < -0.4 is 11.1 Å². The Balaban J connectivity index is 1.44. The molecule has 136 valence electrons. The summed E-state index contributed by atoms with van der Waals surface area (Å²) in [5, 5.41) is 2.99. The molecule has 0 bridgehead atoms. The largest absolute Gasteiger partial charge is 0.366 e. The van der Waals surface area contributed by atoms with Crippen molar-refractivity contribution >= 4 is 11.8 Å². The molecule has 2 aromatic rings. The second-order valence-electron chi connectivity index (χ2n) is 6.86. The van der Waals surface area contributed by atoms with Crippen LogP contribution in [-0.4, -0.2) is 36.3 Å². The monoisotopic (exact) mass is 351 g/mol. The number of hydrogen-bond donors (Lipinski definition) is 2. The molecule has 2 aromatic carbocycles. The number of carbonyl (C=O) groups is 2. The average molecular weight is 351 g/mol. The lowest BCUT2D eigenvalue weighted by atomic mass is 9.96. The fourth-order valence-electron chi connectivity index (χ4n) is 3.34. The molecule has 1 aliphatic rings. The zero-order chi connectivity index (χ0) is 18.4. The van der Waals surface area contributed by atoms with E-state index in [9.17, 15) is 9.59 Å². The van der Waals surface area contributed by atoms with E-state index < -0.39 is 5.91 Å². The molecule has 0 atom stereocenters. The van der Waals surface area contributed by atoms with Crippen LogP contribution in [0.2, 0.25) is 0 Å². The summed E-state index contributed by atoms with van der Waals surface area (Å²) in [6.45, 7) is 3.75. The minimum Gasteiger partial charge on any atom is -0.366 e. The number of likely N-dealkylation sites (tertiary alicyclic amines) is 1. The van der Waals surface area contributed by atoms with Crippen LogP contribution >= 0.6 is 0 Å². The SMILES string of the molecule is NC(=O)c1cccc(C(=O)NCC2CCN(Cc3ccccc3)CC2)c1. The molecule has 0 radical (unpaired) electrons. The second-order valence-corrected chi connectivity index (χ2v) is 6.86. The Bertz CT molecular complexity index is 753. The predicted molar refractivity (Wildman–Crippen MR) is 102 cm³/mol. The van der Waals surface area contributed by atoms with Crippen molar-refractivity contribution < 1.29 is 9.59 Å². The van der Waals surface area contributed by atoms with Gasteiger partial charge in [0.05, 0.1) is 0 Å². The summed E-state index contributed by atoms with van der Waals surface area (Å²) < 4.78 is 0. The summed E-state index contributed by atoms with van der Waals surface area (Å²) in [6, 6.07) is 17.0. The van der Waals surface area contributed by atoms with Gasteiger partial charge in [0.25, 0.3) is 5.91 Å². The molecule has 3 rings (SSSR count). The average Bonchev–Trinajstić information content (AvgIpc) is 2.68.